The molecule has 0 bridgehead atoms. The van der Waals surface area contributed by atoms with Crippen LogP contribution in [-0.4, -0.2) is 6.26 Å². The highest BCUT2D eigenvalue weighted by atomic mass is 32.2. The molecule has 0 spiro atoms. The van der Waals surface area contributed by atoms with Crippen LogP contribution >= 0.6 is 11.8 Å². The zero-order chi connectivity index (χ0) is 17.7. The largest absolute Gasteiger partial charge is 0.471 e. The first-order chi connectivity index (χ1) is 11.6. The van der Waals surface area contributed by atoms with Crippen LogP contribution in [0.4, 0.5) is 4.39 Å². The van der Waals surface area contributed by atoms with Gasteiger partial charge in [-0.15, -0.1) is 11.8 Å². The van der Waals surface area contributed by atoms with Crippen LogP contribution in [0.1, 0.15) is 25.0 Å². The standard InChI is InChI=1S/C19H17FOS.C2H6/c1-12-13(2)19(22-3)18(20)9-15(12)17-11-21-10-16(17)14-7-5-4-6-8-14;1-2/h4-11H,1-3H3;1-2H3. The molecule has 0 fully saturated rings. The highest BCUT2D eigenvalue weighted by molar-refractivity contribution is 7.98. The molecule has 0 saturated carbocycles. The number of hydrogen-bond acceptors (Lipinski definition) is 2. The molecular weight excluding hydrogens is 319 g/mol. The van der Waals surface area contributed by atoms with E-state index in [0.29, 0.717) is 4.90 Å². The molecule has 0 aliphatic carbocycles. The first-order valence-corrected chi connectivity index (χ1v) is 9.31. The maximum atomic E-state index is 14.4. The van der Waals surface area contributed by atoms with Crippen molar-refractivity contribution >= 4 is 11.8 Å². The number of benzene rings is 2. The number of hydrogen-bond donors (Lipinski definition) is 0. The van der Waals surface area contributed by atoms with Crippen molar-refractivity contribution in [2.45, 2.75) is 32.6 Å². The van der Waals surface area contributed by atoms with Gasteiger partial charge in [0.15, 0.2) is 0 Å². The van der Waals surface area contributed by atoms with Crippen LogP contribution in [0, 0.1) is 19.7 Å². The minimum Gasteiger partial charge on any atom is -0.471 e. The van der Waals surface area contributed by atoms with Crippen molar-refractivity contribution in [1.82, 2.24) is 0 Å². The SMILES string of the molecule is CC.CSc1c(F)cc(-c2cocc2-c2ccccc2)c(C)c1C. The second kappa shape index (κ2) is 8.20. The lowest BCUT2D eigenvalue weighted by Crippen LogP contribution is -1.94. The molecule has 24 heavy (non-hydrogen) atoms. The molecule has 0 N–H and O–H groups in total. The molecule has 0 unspecified atom stereocenters. The van der Waals surface area contributed by atoms with E-state index < -0.39 is 0 Å². The van der Waals surface area contributed by atoms with E-state index in [4.69, 9.17) is 4.42 Å². The van der Waals surface area contributed by atoms with Gasteiger partial charge in [-0.25, -0.2) is 4.39 Å². The van der Waals surface area contributed by atoms with Gasteiger partial charge in [-0.1, -0.05) is 44.2 Å². The summed E-state index contributed by atoms with van der Waals surface area (Å²) in [6.07, 6.45) is 5.32. The fourth-order valence-corrected chi connectivity index (χ4v) is 3.44. The molecule has 1 nitrogen and oxygen atoms in total. The van der Waals surface area contributed by atoms with Crippen LogP contribution in [0.15, 0.2) is 58.2 Å². The summed E-state index contributed by atoms with van der Waals surface area (Å²) in [6.45, 7) is 8.00. The molecule has 0 saturated heterocycles. The molecule has 3 aromatic rings. The van der Waals surface area contributed by atoms with Gasteiger partial charge >= 0.3 is 0 Å². The van der Waals surface area contributed by atoms with E-state index in [1.54, 1.807) is 18.6 Å². The van der Waals surface area contributed by atoms with Crippen molar-refractivity contribution in [2.75, 3.05) is 6.26 Å². The van der Waals surface area contributed by atoms with Crippen LogP contribution in [0.5, 0.6) is 0 Å². The van der Waals surface area contributed by atoms with E-state index in [-0.39, 0.29) is 5.82 Å². The van der Waals surface area contributed by atoms with E-state index in [2.05, 4.69) is 0 Å². The average Bonchev–Trinajstić information content (AvgIpc) is 3.10. The van der Waals surface area contributed by atoms with Crippen LogP contribution in [0.25, 0.3) is 22.3 Å². The lowest BCUT2D eigenvalue weighted by Gasteiger charge is -2.13. The summed E-state index contributed by atoms with van der Waals surface area (Å²) in [7, 11) is 0. The zero-order valence-electron chi connectivity index (χ0n) is 14.8. The van der Waals surface area contributed by atoms with Crippen LogP contribution in [0.2, 0.25) is 0 Å². The predicted molar refractivity (Wildman–Crippen MR) is 102 cm³/mol. The second-order valence-corrected chi connectivity index (χ2v) is 6.07. The number of rotatable bonds is 3. The normalized spacial score (nSPS) is 10.2. The molecule has 0 radical (unpaired) electrons. The van der Waals surface area contributed by atoms with Crippen molar-refractivity contribution in [3.63, 3.8) is 0 Å². The molecule has 0 aliphatic rings. The third-order valence-corrected chi connectivity index (χ3v) is 4.95. The highest BCUT2D eigenvalue weighted by Crippen LogP contribution is 2.38. The first-order valence-electron chi connectivity index (χ1n) is 8.09. The Labute approximate surface area is 147 Å². The Kier molecular flexibility index (Phi) is 6.27. The van der Waals surface area contributed by atoms with Gasteiger partial charge in [0.05, 0.1) is 12.5 Å². The average molecular weight is 342 g/mol. The van der Waals surface area contributed by atoms with Gasteiger partial charge < -0.3 is 4.42 Å². The molecule has 3 heteroatoms. The van der Waals surface area contributed by atoms with E-state index in [0.717, 1.165) is 33.4 Å². The third kappa shape index (κ3) is 3.41. The summed E-state index contributed by atoms with van der Waals surface area (Å²) in [5.41, 5.74) is 5.95. The smallest absolute Gasteiger partial charge is 0.137 e. The van der Waals surface area contributed by atoms with Crippen molar-refractivity contribution in [2.24, 2.45) is 0 Å². The molecule has 1 aromatic heterocycles. The number of furan rings is 1. The van der Waals surface area contributed by atoms with Gasteiger partial charge in [-0.05, 0) is 48.4 Å². The fraction of sp³-hybridized carbons (Fsp3) is 0.238. The Morgan fingerprint density at radius 3 is 2.12 bits per heavy atom. The maximum Gasteiger partial charge on any atom is 0.137 e. The van der Waals surface area contributed by atoms with Gasteiger partial charge in [0.2, 0.25) is 0 Å². The maximum absolute atomic E-state index is 14.4. The van der Waals surface area contributed by atoms with Crippen LogP contribution < -0.4 is 0 Å². The van der Waals surface area contributed by atoms with Gasteiger partial charge in [0.25, 0.3) is 0 Å². The Morgan fingerprint density at radius 2 is 1.50 bits per heavy atom. The minimum absolute atomic E-state index is 0.175. The van der Waals surface area contributed by atoms with E-state index in [1.807, 2.05) is 64.3 Å². The monoisotopic (exact) mass is 342 g/mol. The summed E-state index contributed by atoms with van der Waals surface area (Å²) in [5, 5.41) is 0. The zero-order valence-corrected chi connectivity index (χ0v) is 15.6. The third-order valence-electron chi connectivity index (χ3n) is 4.04. The Balaban J connectivity index is 0.00000100. The van der Waals surface area contributed by atoms with Gasteiger partial charge in [-0.3, -0.25) is 0 Å². The fourth-order valence-electron chi connectivity index (χ4n) is 2.73. The molecule has 0 aliphatic heterocycles. The molecule has 0 amide bonds. The highest BCUT2D eigenvalue weighted by Gasteiger charge is 2.17. The Morgan fingerprint density at radius 1 is 0.875 bits per heavy atom. The van der Waals surface area contributed by atoms with E-state index >= 15 is 0 Å². The van der Waals surface area contributed by atoms with Crippen molar-refractivity contribution in [3.05, 3.63) is 65.9 Å². The quantitative estimate of drug-likeness (QED) is 0.470. The summed E-state index contributed by atoms with van der Waals surface area (Å²) in [5.74, 6) is -0.175. The Hall–Kier alpha value is -2.00. The van der Waals surface area contributed by atoms with Crippen molar-refractivity contribution < 1.29 is 8.81 Å². The van der Waals surface area contributed by atoms with Gasteiger partial charge in [0, 0.05) is 16.0 Å². The van der Waals surface area contributed by atoms with Crippen molar-refractivity contribution in [1.29, 1.82) is 0 Å². The van der Waals surface area contributed by atoms with Gasteiger partial charge in [-0.2, -0.15) is 0 Å². The molecule has 126 valence electrons. The number of halogens is 1. The molecule has 1 heterocycles. The first kappa shape index (κ1) is 18.3. The number of thioether (sulfide) groups is 1. The van der Waals surface area contributed by atoms with E-state index in [9.17, 15) is 4.39 Å². The van der Waals surface area contributed by atoms with Crippen LogP contribution in [-0.2, 0) is 0 Å². The Bertz CT molecular complexity index is 806. The molecule has 0 atom stereocenters. The lowest BCUT2D eigenvalue weighted by molar-refractivity contribution is 0.568. The second-order valence-electron chi connectivity index (χ2n) is 5.25. The molecule has 2 aromatic carbocycles. The summed E-state index contributed by atoms with van der Waals surface area (Å²) in [6, 6.07) is 11.6. The predicted octanol–water partition coefficient (Wildman–Crippen LogP) is 7.12. The molecule has 3 rings (SSSR count). The van der Waals surface area contributed by atoms with E-state index in [1.165, 1.54) is 11.8 Å². The van der Waals surface area contributed by atoms with Crippen molar-refractivity contribution in [3.8, 4) is 22.3 Å². The topological polar surface area (TPSA) is 13.1 Å². The summed E-state index contributed by atoms with van der Waals surface area (Å²) in [4.78, 5) is 0.714. The lowest BCUT2D eigenvalue weighted by atomic mass is 9.93. The minimum atomic E-state index is -0.175. The van der Waals surface area contributed by atoms with Gasteiger partial charge in [0.1, 0.15) is 5.82 Å². The van der Waals surface area contributed by atoms with Crippen LogP contribution in [0.3, 0.4) is 0 Å². The summed E-state index contributed by atoms with van der Waals surface area (Å²) < 4.78 is 19.8. The molecular formula is C21H23FOS. The summed E-state index contributed by atoms with van der Waals surface area (Å²) >= 11 is 1.44.